The lowest BCUT2D eigenvalue weighted by Crippen LogP contribution is -2.27. The highest BCUT2D eigenvalue weighted by atomic mass is 32.2. The van der Waals surface area contributed by atoms with Crippen molar-refractivity contribution in [3.63, 3.8) is 0 Å². The summed E-state index contributed by atoms with van der Waals surface area (Å²) in [5.41, 5.74) is 0. The molecule has 168 valence electrons. The second-order valence-corrected chi connectivity index (χ2v) is 9.41. The fourth-order valence-corrected chi connectivity index (χ4v) is 3.96. The molecule has 0 amide bonds. The third kappa shape index (κ3) is 18.7. The summed E-state index contributed by atoms with van der Waals surface area (Å²) in [7, 11) is -4.28. The normalized spacial score (nSPS) is 14.0. The van der Waals surface area contributed by atoms with Crippen LogP contribution >= 0.6 is 0 Å². The summed E-state index contributed by atoms with van der Waals surface area (Å²) in [4.78, 5) is 12.1. The van der Waals surface area contributed by atoms with E-state index >= 15 is 0 Å². The molecular weight excluding hydrogens is 380 g/mol. The van der Waals surface area contributed by atoms with Gasteiger partial charge >= 0.3 is 5.97 Å². The Morgan fingerprint density at radius 2 is 1.32 bits per heavy atom. The zero-order valence-corrected chi connectivity index (χ0v) is 18.7. The number of carbonyl (C=O) groups is 1. The van der Waals surface area contributed by atoms with Gasteiger partial charge in [-0.1, -0.05) is 84.5 Å². The summed E-state index contributed by atoms with van der Waals surface area (Å²) in [5.74, 6) is -0.947. The van der Waals surface area contributed by atoms with E-state index in [0.717, 1.165) is 25.7 Å². The Hall–Kier alpha value is -0.660. The number of esters is 1. The van der Waals surface area contributed by atoms with Crippen LogP contribution < -0.4 is 0 Å². The molecule has 0 saturated carbocycles. The summed E-state index contributed by atoms with van der Waals surface area (Å²) < 4.78 is 35.2. The topological polar surface area (TPSA) is 101 Å². The number of rotatable bonds is 19. The van der Waals surface area contributed by atoms with E-state index in [4.69, 9.17) is 9.29 Å². The molecule has 0 fully saturated rings. The molecule has 0 aliphatic heterocycles. The Morgan fingerprint density at radius 3 is 1.79 bits per heavy atom. The van der Waals surface area contributed by atoms with Crippen LogP contribution in [0.1, 0.15) is 104 Å². The van der Waals surface area contributed by atoms with E-state index < -0.39 is 34.6 Å². The summed E-state index contributed by atoms with van der Waals surface area (Å²) in [6, 6.07) is 0. The van der Waals surface area contributed by atoms with Crippen molar-refractivity contribution in [3.05, 3.63) is 0 Å². The van der Waals surface area contributed by atoms with E-state index in [1.807, 2.05) is 0 Å². The number of hydrogen-bond donors (Lipinski definition) is 2. The molecule has 0 spiro atoms. The van der Waals surface area contributed by atoms with E-state index in [9.17, 15) is 18.3 Å². The van der Waals surface area contributed by atoms with Crippen molar-refractivity contribution in [1.82, 2.24) is 0 Å². The summed E-state index contributed by atoms with van der Waals surface area (Å²) in [6.07, 6.45) is 14.2. The van der Waals surface area contributed by atoms with Crippen molar-refractivity contribution in [2.24, 2.45) is 5.92 Å². The molecule has 0 rings (SSSR count). The van der Waals surface area contributed by atoms with E-state index in [1.165, 1.54) is 57.8 Å². The van der Waals surface area contributed by atoms with Crippen molar-refractivity contribution in [2.75, 3.05) is 12.4 Å². The molecule has 0 aliphatic carbocycles. The molecule has 0 aromatic carbocycles. The van der Waals surface area contributed by atoms with Gasteiger partial charge in [-0.15, -0.1) is 0 Å². The van der Waals surface area contributed by atoms with Gasteiger partial charge < -0.3 is 9.84 Å². The number of aliphatic hydroxyl groups is 1. The molecule has 0 saturated heterocycles. The first-order valence-electron chi connectivity index (χ1n) is 11.1. The van der Waals surface area contributed by atoms with Gasteiger partial charge in [-0.3, -0.25) is 9.35 Å². The minimum Gasteiger partial charge on any atom is -0.463 e. The van der Waals surface area contributed by atoms with E-state index in [-0.39, 0.29) is 5.92 Å². The lowest BCUT2D eigenvalue weighted by molar-refractivity contribution is -0.147. The lowest BCUT2D eigenvalue weighted by atomic mass is 9.91. The highest BCUT2D eigenvalue weighted by Gasteiger charge is 2.19. The maximum absolute atomic E-state index is 12.1. The van der Waals surface area contributed by atoms with E-state index in [1.54, 1.807) is 0 Å². The first-order chi connectivity index (χ1) is 13.3. The van der Waals surface area contributed by atoms with Gasteiger partial charge in [0.1, 0.15) is 18.5 Å². The lowest BCUT2D eigenvalue weighted by Gasteiger charge is -2.17. The molecule has 2 N–H and O–H groups in total. The van der Waals surface area contributed by atoms with Crippen LogP contribution in [-0.2, 0) is 19.6 Å². The molecule has 28 heavy (non-hydrogen) atoms. The van der Waals surface area contributed by atoms with Crippen molar-refractivity contribution in [1.29, 1.82) is 0 Å². The molecule has 0 aliphatic rings. The van der Waals surface area contributed by atoms with Crippen LogP contribution in [0.3, 0.4) is 0 Å². The number of unbranched alkanes of at least 4 members (excludes halogenated alkanes) is 9. The molecule has 0 aromatic heterocycles. The van der Waals surface area contributed by atoms with Crippen LogP contribution in [0.2, 0.25) is 0 Å². The molecule has 0 bridgehead atoms. The van der Waals surface area contributed by atoms with Crippen LogP contribution in [0.15, 0.2) is 0 Å². The average Bonchev–Trinajstić information content (AvgIpc) is 2.61. The van der Waals surface area contributed by atoms with Gasteiger partial charge in [0.05, 0.1) is 0 Å². The van der Waals surface area contributed by atoms with Gasteiger partial charge in [0.2, 0.25) is 0 Å². The summed E-state index contributed by atoms with van der Waals surface area (Å²) in [6.45, 7) is 3.99. The molecule has 7 heteroatoms. The minimum atomic E-state index is -4.28. The zero-order valence-electron chi connectivity index (χ0n) is 17.9. The molecule has 0 radical (unpaired) electrons. The maximum atomic E-state index is 12.1. The Kier molecular flexibility index (Phi) is 16.8. The Morgan fingerprint density at radius 1 is 0.857 bits per heavy atom. The predicted octanol–water partition coefficient (Wildman–Crippen LogP) is 4.90. The molecule has 0 aromatic rings. The predicted molar refractivity (Wildman–Crippen MR) is 113 cm³/mol. The summed E-state index contributed by atoms with van der Waals surface area (Å²) in [5, 5.41) is 9.52. The monoisotopic (exact) mass is 422 g/mol. The van der Waals surface area contributed by atoms with Crippen molar-refractivity contribution >= 4 is 16.1 Å². The Bertz CT molecular complexity index is 477. The highest BCUT2D eigenvalue weighted by molar-refractivity contribution is 7.85. The number of ether oxygens (including phenoxy) is 1. The largest absolute Gasteiger partial charge is 0.463 e. The molecule has 0 heterocycles. The molecule has 6 nitrogen and oxygen atoms in total. The van der Waals surface area contributed by atoms with E-state index in [2.05, 4.69) is 13.8 Å². The van der Waals surface area contributed by atoms with Crippen molar-refractivity contribution in [3.8, 4) is 0 Å². The Labute approximate surface area is 172 Å². The quantitative estimate of drug-likeness (QED) is 0.174. The second kappa shape index (κ2) is 17.2. The molecule has 2 atom stereocenters. The van der Waals surface area contributed by atoms with Crippen LogP contribution in [0.4, 0.5) is 0 Å². The van der Waals surface area contributed by atoms with Crippen LogP contribution in [0.5, 0.6) is 0 Å². The average molecular weight is 423 g/mol. The van der Waals surface area contributed by atoms with Gasteiger partial charge in [-0.05, 0) is 18.8 Å². The smallest absolute Gasteiger partial charge is 0.306 e. The third-order valence-corrected chi connectivity index (χ3v) is 5.78. The second-order valence-electron chi connectivity index (χ2n) is 7.91. The third-order valence-electron chi connectivity index (χ3n) is 4.98. The fraction of sp³-hybridized carbons (Fsp3) is 0.952. The number of aliphatic hydroxyl groups excluding tert-OH is 1. The first kappa shape index (κ1) is 27.3. The van der Waals surface area contributed by atoms with Crippen LogP contribution in [0, 0.1) is 5.92 Å². The molecule has 2 unspecified atom stereocenters. The van der Waals surface area contributed by atoms with Gasteiger partial charge in [0, 0.05) is 6.42 Å². The highest BCUT2D eigenvalue weighted by Crippen LogP contribution is 2.22. The number of carbonyl (C=O) groups excluding carboxylic acids is 1. The number of hydrogen-bond acceptors (Lipinski definition) is 5. The minimum absolute atomic E-state index is 0.277. The first-order valence-corrected chi connectivity index (χ1v) is 12.7. The zero-order chi connectivity index (χ0) is 21.3. The standard InChI is InChI=1S/C21H42O6S/c1-3-5-7-9-11-13-15-19(14-12-10-8-6-4-2)16-21(23)27-17-20(22)18-28(24,25)26/h19-20,22H,3-18H2,1-2H3,(H,24,25,26). The van der Waals surface area contributed by atoms with Crippen molar-refractivity contribution in [2.45, 2.75) is 110 Å². The SMILES string of the molecule is CCCCCCCCC(CCCCCCC)CC(=O)OCC(O)CS(=O)(=O)O. The van der Waals surface area contributed by atoms with Crippen molar-refractivity contribution < 1.29 is 27.6 Å². The van der Waals surface area contributed by atoms with Gasteiger partial charge in [-0.2, -0.15) is 8.42 Å². The van der Waals surface area contributed by atoms with Crippen LogP contribution in [-0.4, -0.2) is 42.5 Å². The van der Waals surface area contributed by atoms with Crippen LogP contribution in [0.25, 0.3) is 0 Å². The fourth-order valence-electron chi connectivity index (χ4n) is 3.37. The van der Waals surface area contributed by atoms with Gasteiger partial charge in [0.25, 0.3) is 10.1 Å². The molecular formula is C21H42O6S. The summed E-state index contributed by atoms with van der Waals surface area (Å²) >= 11 is 0. The van der Waals surface area contributed by atoms with E-state index in [0.29, 0.717) is 6.42 Å². The maximum Gasteiger partial charge on any atom is 0.306 e. The van der Waals surface area contributed by atoms with Gasteiger partial charge in [-0.25, -0.2) is 0 Å². The van der Waals surface area contributed by atoms with Gasteiger partial charge in [0.15, 0.2) is 0 Å². The Balaban J connectivity index is 4.25.